The molecular formula is C63H102NO8P. The van der Waals surface area contributed by atoms with Gasteiger partial charge in [0.2, 0.25) is 0 Å². The average Bonchev–Trinajstić information content (AvgIpc) is 3.35. The molecule has 0 aliphatic rings. The number of allylic oxidation sites excluding steroid dienone is 24. The van der Waals surface area contributed by atoms with Crippen molar-refractivity contribution in [2.45, 2.75) is 193 Å². The van der Waals surface area contributed by atoms with Gasteiger partial charge in [0, 0.05) is 12.8 Å². The number of nitrogens with zero attached hydrogens (tertiary/aromatic N) is 1. The molecule has 0 spiro atoms. The maximum Gasteiger partial charge on any atom is 0.306 e. The monoisotopic (exact) mass is 1030 g/mol. The summed E-state index contributed by atoms with van der Waals surface area (Å²) < 4.78 is 34.0. The fourth-order valence-corrected chi connectivity index (χ4v) is 7.49. The zero-order valence-corrected chi connectivity index (χ0v) is 47.4. The van der Waals surface area contributed by atoms with Gasteiger partial charge in [0.05, 0.1) is 27.7 Å². The molecular weight excluding hydrogens is 930 g/mol. The maximum atomic E-state index is 12.8. The van der Waals surface area contributed by atoms with E-state index < -0.39 is 32.5 Å². The molecule has 0 amide bonds. The summed E-state index contributed by atoms with van der Waals surface area (Å²) in [6, 6.07) is 0. The molecule has 2 unspecified atom stereocenters. The molecule has 0 aromatic heterocycles. The minimum Gasteiger partial charge on any atom is -0.756 e. The summed E-state index contributed by atoms with van der Waals surface area (Å²) in [4.78, 5) is 37.7. The quantitative estimate of drug-likeness (QED) is 0.0195. The van der Waals surface area contributed by atoms with Crippen molar-refractivity contribution < 1.29 is 42.1 Å². The average molecular weight is 1030 g/mol. The Labute approximate surface area is 446 Å². The number of carbonyl (C=O) groups excluding carboxylic acids is 2. The third-order valence-electron chi connectivity index (χ3n) is 11.1. The number of hydrogen-bond acceptors (Lipinski definition) is 8. The summed E-state index contributed by atoms with van der Waals surface area (Å²) >= 11 is 0. The molecule has 0 rings (SSSR count). The van der Waals surface area contributed by atoms with Crippen LogP contribution in [0.2, 0.25) is 0 Å². The Hall–Kier alpha value is -4.11. The Bertz CT molecular complexity index is 1740. The molecule has 0 aromatic carbocycles. The number of phosphoric ester groups is 1. The summed E-state index contributed by atoms with van der Waals surface area (Å²) in [5.41, 5.74) is 0. The minimum atomic E-state index is -4.65. The van der Waals surface area contributed by atoms with Crippen LogP contribution in [0.4, 0.5) is 0 Å². The Kier molecular flexibility index (Phi) is 49.8. The lowest BCUT2D eigenvalue weighted by atomic mass is 10.1. The normalized spacial score (nSPS) is 14.4. The van der Waals surface area contributed by atoms with E-state index in [1.165, 1.54) is 12.8 Å². The van der Waals surface area contributed by atoms with E-state index in [9.17, 15) is 19.0 Å². The van der Waals surface area contributed by atoms with Crippen molar-refractivity contribution >= 4 is 19.8 Å². The molecule has 0 aliphatic heterocycles. The SMILES string of the molecule is CC/C=C\C/C=C\C/C=C\C/C=C\C/C=C\C/C=C\C/C=C\C/C=C\C/C=C\C/C=C\CCCCCCC(=O)OC(COC(=O)CCCCCCC/C=C\C/C=C\CCCC)COP(=O)([O-])OCC[N+](C)(C)C. The molecule has 0 saturated carbocycles. The van der Waals surface area contributed by atoms with Crippen molar-refractivity contribution in [3.63, 3.8) is 0 Å². The summed E-state index contributed by atoms with van der Waals surface area (Å²) in [5.74, 6) is -0.893. The van der Waals surface area contributed by atoms with Crippen LogP contribution in [0.3, 0.4) is 0 Å². The van der Waals surface area contributed by atoms with E-state index in [1.54, 1.807) is 0 Å². The molecule has 0 aliphatic carbocycles. The summed E-state index contributed by atoms with van der Waals surface area (Å²) in [5, 5.41) is 0. The number of unbranched alkanes of at least 4 members (excludes halogenated alkanes) is 11. The molecule has 0 aromatic rings. The molecule has 0 N–H and O–H groups in total. The lowest BCUT2D eigenvalue weighted by Gasteiger charge is -2.28. The summed E-state index contributed by atoms with van der Waals surface area (Å²) in [7, 11) is 1.11. The number of phosphoric acid groups is 1. The second kappa shape index (κ2) is 52.7. The Morgan fingerprint density at radius 1 is 0.438 bits per heavy atom. The van der Waals surface area contributed by atoms with E-state index >= 15 is 0 Å². The van der Waals surface area contributed by atoms with Crippen LogP contribution >= 0.6 is 7.82 Å². The van der Waals surface area contributed by atoms with Gasteiger partial charge in [-0.1, -0.05) is 205 Å². The van der Waals surface area contributed by atoms with Gasteiger partial charge in [0.15, 0.2) is 6.10 Å². The van der Waals surface area contributed by atoms with Crippen LogP contribution in [0.1, 0.15) is 187 Å². The number of esters is 2. The van der Waals surface area contributed by atoms with Gasteiger partial charge in [0.25, 0.3) is 7.82 Å². The van der Waals surface area contributed by atoms with Crippen molar-refractivity contribution in [3.05, 3.63) is 146 Å². The first kappa shape index (κ1) is 68.9. The van der Waals surface area contributed by atoms with Gasteiger partial charge in [-0.25, -0.2) is 0 Å². The van der Waals surface area contributed by atoms with E-state index in [4.69, 9.17) is 18.5 Å². The third-order valence-corrected chi connectivity index (χ3v) is 12.1. The zero-order chi connectivity index (χ0) is 53.5. The van der Waals surface area contributed by atoms with E-state index in [0.717, 1.165) is 135 Å². The van der Waals surface area contributed by atoms with Crippen LogP contribution in [-0.4, -0.2) is 70.0 Å². The Morgan fingerprint density at radius 3 is 1.16 bits per heavy atom. The lowest BCUT2D eigenvalue weighted by molar-refractivity contribution is -0.870. The van der Waals surface area contributed by atoms with Gasteiger partial charge < -0.3 is 27.9 Å². The molecule has 10 heteroatoms. The fraction of sp³-hybridized carbons (Fsp3) is 0.587. The molecule has 2 atom stereocenters. The lowest BCUT2D eigenvalue weighted by Crippen LogP contribution is -2.37. The molecule has 0 saturated heterocycles. The Morgan fingerprint density at radius 2 is 0.781 bits per heavy atom. The van der Waals surface area contributed by atoms with E-state index in [1.807, 2.05) is 21.1 Å². The second-order valence-corrected chi connectivity index (χ2v) is 20.6. The van der Waals surface area contributed by atoms with Crippen molar-refractivity contribution in [1.29, 1.82) is 0 Å². The van der Waals surface area contributed by atoms with Gasteiger partial charge in [-0.2, -0.15) is 0 Å². The van der Waals surface area contributed by atoms with Crippen LogP contribution in [0, 0.1) is 0 Å². The number of hydrogen-bond donors (Lipinski definition) is 0. The molecule has 0 bridgehead atoms. The number of rotatable bonds is 49. The van der Waals surface area contributed by atoms with E-state index in [-0.39, 0.29) is 26.1 Å². The van der Waals surface area contributed by atoms with Gasteiger partial charge in [-0.15, -0.1) is 0 Å². The molecule has 9 nitrogen and oxygen atoms in total. The highest BCUT2D eigenvalue weighted by atomic mass is 31.2. The topological polar surface area (TPSA) is 111 Å². The van der Waals surface area contributed by atoms with Crippen LogP contribution in [0.25, 0.3) is 0 Å². The third kappa shape index (κ3) is 57.0. The van der Waals surface area contributed by atoms with E-state index in [0.29, 0.717) is 23.9 Å². The first-order valence-corrected chi connectivity index (χ1v) is 29.5. The largest absolute Gasteiger partial charge is 0.756 e. The highest BCUT2D eigenvalue weighted by molar-refractivity contribution is 7.45. The Balaban J connectivity index is 4.26. The molecule has 73 heavy (non-hydrogen) atoms. The number of ether oxygens (including phenoxy) is 2. The standard InChI is InChI=1S/C63H102NO8P/c1-6-8-10-12-14-16-18-20-22-23-24-25-26-27-28-29-30-31-32-33-34-35-36-37-38-39-40-41-42-44-46-48-50-52-54-56-63(66)72-61(60-71-73(67,68)70-58-57-64(3,4)5)59-69-62(65)55-53-51-49-47-45-43-21-19-17-15-13-11-9-7-2/h8,10,13-16,19-22,24-25,27-28,30-31,33-34,36-37,39-40,42,44,61H,6-7,9,11-12,17-18,23,26,29,32,35,38,41,43,45-60H2,1-5H3/b10-8-,15-13-,16-14-,21-19-,22-20-,25-24-,28-27-,31-30-,34-33-,37-36-,40-39-,44-42-. The van der Waals surface area contributed by atoms with Crippen LogP contribution in [0.5, 0.6) is 0 Å². The van der Waals surface area contributed by atoms with Crippen molar-refractivity contribution in [1.82, 2.24) is 0 Å². The van der Waals surface area contributed by atoms with Gasteiger partial charge in [0.1, 0.15) is 19.8 Å². The first-order chi connectivity index (χ1) is 35.5. The number of carbonyl (C=O) groups is 2. The second-order valence-electron chi connectivity index (χ2n) is 19.2. The highest BCUT2D eigenvalue weighted by Gasteiger charge is 2.21. The van der Waals surface area contributed by atoms with Crippen LogP contribution in [-0.2, 0) is 32.7 Å². The fourth-order valence-electron chi connectivity index (χ4n) is 6.76. The molecule has 0 radical (unpaired) electrons. The van der Waals surface area contributed by atoms with Crippen molar-refractivity contribution in [3.8, 4) is 0 Å². The van der Waals surface area contributed by atoms with Crippen molar-refractivity contribution in [2.24, 2.45) is 0 Å². The van der Waals surface area contributed by atoms with Gasteiger partial charge in [-0.3, -0.25) is 14.2 Å². The summed E-state index contributed by atoms with van der Waals surface area (Å²) in [6.07, 6.45) is 77.5. The first-order valence-electron chi connectivity index (χ1n) is 28.0. The van der Waals surface area contributed by atoms with Gasteiger partial charge in [-0.05, 0) is 116 Å². The van der Waals surface area contributed by atoms with Crippen molar-refractivity contribution in [2.75, 3.05) is 47.5 Å². The highest BCUT2D eigenvalue weighted by Crippen LogP contribution is 2.38. The molecule has 0 heterocycles. The predicted octanol–water partition coefficient (Wildman–Crippen LogP) is 16.9. The summed E-state index contributed by atoms with van der Waals surface area (Å²) in [6.45, 7) is 4.00. The predicted molar refractivity (Wildman–Crippen MR) is 309 cm³/mol. The number of quaternary nitrogens is 1. The van der Waals surface area contributed by atoms with Crippen LogP contribution < -0.4 is 4.89 Å². The zero-order valence-electron chi connectivity index (χ0n) is 46.5. The minimum absolute atomic E-state index is 0.0470. The van der Waals surface area contributed by atoms with E-state index in [2.05, 4.69) is 160 Å². The molecule has 0 fully saturated rings. The molecule has 412 valence electrons. The van der Waals surface area contributed by atoms with Gasteiger partial charge >= 0.3 is 11.9 Å². The maximum absolute atomic E-state index is 12.8. The van der Waals surface area contributed by atoms with Crippen LogP contribution in [0.15, 0.2) is 146 Å². The smallest absolute Gasteiger partial charge is 0.306 e. The number of likely N-dealkylation sites (N-methyl/N-ethyl adjacent to an activating group) is 1.